The lowest BCUT2D eigenvalue weighted by molar-refractivity contribution is -0.00896. The molecule has 1 heterocycles. The lowest BCUT2D eigenvalue weighted by Crippen LogP contribution is -2.60. The first kappa shape index (κ1) is 16.6. The predicted molar refractivity (Wildman–Crippen MR) is 84.4 cm³/mol. The van der Waals surface area contributed by atoms with Crippen molar-refractivity contribution in [2.24, 2.45) is 0 Å². The fourth-order valence-electron chi connectivity index (χ4n) is 2.27. The average Bonchev–Trinajstić information content (AvgIpc) is 2.36. The van der Waals surface area contributed by atoms with Gasteiger partial charge in [-0.25, -0.2) is 4.79 Å². The lowest BCUT2D eigenvalue weighted by atomic mass is 9.88. The molecule has 1 amide bonds. The second kappa shape index (κ2) is 6.14. The van der Waals surface area contributed by atoms with Gasteiger partial charge in [-0.3, -0.25) is 5.32 Å². The third-order valence-corrected chi connectivity index (χ3v) is 3.38. The molecule has 1 saturated heterocycles. The van der Waals surface area contributed by atoms with Gasteiger partial charge < -0.3 is 19.9 Å². The molecule has 3 N–H and O–H groups in total. The minimum atomic E-state index is -0.781. The Hall–Kier alpha value is -1.79. The monoisotopic (exact) mass is 308 g/mol. The van der Waals surface area contributed by atoms with Crippen LogP contribution in [0.25, 0.3) is 0 Å². The Morgan fingerprint density at radius 2 is 2.09 bits per heavy atom. The van der Waals surface area contributed by atoms with E-state index in [0.29, 0.717) is 30.9 Å². The molecule has 1 aliphatic heterocycles. The molecule has 0 saturated carbocycles. The first-order chi connectivity index (χ1) is 10.2. The van der Waals surface area contributed by atoms with Crippen LogP contribution in [-0.4, -0.2) is 42.6 Å². The van der Waals surface area contributed by atoms with Gasteiger partial charge in [0.15, 0.2) is 0 Å². The molecule has 0 bridgehead atoms. The maximum atomic E-state index is 11.9. The minimum absolute atomic E-state index is 0.433. The molecule has 1 aromatic rings. The zero-order valence-electron chi connectivity index (χ0n) is 13.5. The zero-order chi connectivity index (χ0) is 16.4. The number of rotatable bonds is 4. The maximum Gasteiger partial charge on any atom is 0.412 e. The van der Waals surface area contributed by atoms with Crippen molar-refractivity contribution in [2.45, 2.75) is 38.4 Å². The number of hydrogen-bond donors (Lipinski definition) is 3. The standard InChI is InChI=1S/C16H24N2O4/c1-15(2,3)22-14(19)18-13-6-5-12(21-4)7-11(13)8-16(20)9-17-10-16/h5-7,17,20H,8-10H2,1-4H3,(H,18,19). The Balaban J connectivity index is 2.16. The second-order valence-corrected chi connectivity index (χ2v) is 6.65. The average molecular weight is 308 g/mol. The summed E-state index contributed by atoms with van der Waals surface area (Å²) in [5.74, 6) is 0.681. The Kier molecular flexibility index (Phi) is 4.63. The number of β-amino-alcohol motifs (C(OH)–C–C–N with tert-alkyl or cyclic N) is 1. The Labute approximate surface area is 130 Å². The van der Waals surface area contributed by atoms with Crippen LogP contribution in [0.4, 0.5) is 10.5 Å². The van der Waals surface area contributed by atoms with Gasteiger partial charge in [0, 0.05) is 25.2 Å². The minimum Gasteiger partial charge on any atom is -0.497 e. The van der Waals surface area contributed by atoms with Crippen molar-refractivity contribution in [1.82, 2.24) is 5.32 Å². The van der Waals surface area contributed by atoms with Crippen molar-refractivity contribution in [2.75, 3.05) is 25.5 Å². The molecule has 0 aromatic heterocycles. The van der Waals surface area contributed by atoms with Crippen molar-refractivity contribution in [3.63, 3.8) is 0 Å². The first-order valence-corrected chi connectivity index (χ1v) is 7.31. The molecule has 6 heteroatoms. The molecular formula is C16H24N2O4. The number of nitrogens with one attached hydrogen (secondary N) is 2. The van der Waals surface area contributed by atoms with Gasteiger partial charge in [0.05, 0.1) is 12.7 Å². The van der Waals surface area contributed by atoms with Crippen molar-refractivity contribution in [1.29, 1.82) is 0 Å². The smallest absolute Gasteiger partial charge is 0.412 e. The topological polar surface area (TPSA) is 79.8 Å². The number of aliphatic hydroxyl groups is 1. The van der Waals surface area contributed by atoms with Crippen LogP contribution in [0, 0.1) is 0 Å². The zero-order valence-corrected chi connectivity index (χ0v) is 13.5. The van der Waals surface area contributed by atoms with Crippen LogP contribution in [0.15, 0.2) is 18.2 Å². The summed E-state index contributed by atoms with van der Waals surface area (Å²) in [6.45, 7) is 6.50. The van der Waals surface area contributed by atoms with E-state index >= 15 is 0 Å². The van der Waals surface area contributed by atoms with Gasteiger partial charge in [0.1, 0.15) is 11.4 Å². The third kappa shape index (κ3) is 4.35. The van der Waals surface area contributed by atoms with Gasteiger partial charge in [-0.05, 0) is 44.5 Å². The molecule has 0 atom stereocenters. The molecular weight excluding hydrogens is 284 g/mol. The van der Waals surface area contributed by atoms with E-state index < -0.39 is 17.3 Å². The predicted octanol–water partition coefficient (Wildman–Crippen LogP) is 1.92. The quantitative estimate of drug-likeness (QED) is 0.792. The number of methoxy groups -OCH3 is 1. The van der Waals surface area contributed by atoms with Gasteiger partial charge in [-0.1, -0.05) is 0 Å². The molecule has 0 radical (unpaired) electrons. The highest BCUT2D eigenvalue weighted by Crippen LogP contribution is 2.28. The summed E-state index contributed by atoms with van der Waals surface area (Å²) in [6, 6.07) is 5.34. The summed E-state index contributed by atoms with van der Waals surface area (Å²) in [4.78, 5) is 11.9. The highest BCUT2D eigenvalue weighted by atomic mass is 16.6. The van der Waals surface area contributed by atoms with E-state index in [2.05, 4.69) is 10.6 Å². The SMILES string of the molecule is COc1ccc(NC(=O)OC(C)(C)C)c(CC2(O)CNC2)c1. The summed E-state index contributed by atoms with van der Waals surface area (Å²) in [7, 11) is 1.58. The van der Waals surface area contributed by atoms with Crippen molar-refractivity contribution in [3.05, 3.63) is 23.8 Å². The van der Waals surface area contributed by atoms with Gasteiger partial charge in [-0.2, -0.15) is 0 Å². The lowest BCUT2D eigenvalue weighted by Gasteiger charge is -2.38. The van der Waals surface area contributed by atoms with Gasteiger partial charge in [0.2, 0.25) is 0 Å². The highest BCUT2D eigenvalue weighted by molar-refractivity contribution is 5.86. The van der Waals surface area contributed by atoms with Crippen LogP contribution in [0.5, 0.6) is 5.75 Å². The molecule has 0 aliphatic carbocycles. The molecule has 122 valence electrons. The summed E-state index contributed by atoms with van der Waals surface area (Å²) in [6.07, 6.45) is -0.0832. The largest absolute Gasteiger partial charge is 0.497 e. The number of hydrogen-bond acceptors (Lipinski definition) is 5. The number of carbonyl (C=O) groups is 1. The Morgan fingerprint density at radius 3 is 2.59 bits per heavy atom. The van der Waals surface area contributed by atoms with E-state index in [1.807, 2.05) is 26.8 Å². The van der Waals surface area contributed by atoms with E-state index in [4.69, 9.17) is 9.47 Å². The highest BCUT2D eigenvalue weighted by Gasteiger charge is 2.35. The van der Waals surface area contributed by atoms with Crippen LogP contribution >= 0.6 is 0 Å². The molecule has 1 fully saturated rings. The van der Waals surface area contributed by atoms with Crippen molar-refractivity contribution < 1.29 is 19.4 Å². The Morgan fingerprint density at radius 1 is 1.41 bits per heavy atom. The van der Waals surface area contributed by atoms with Crippen LogP contribution in [0.3, 0.4) is 0 Å². The first-order valence-electron chi connectivity index (χ1n) is 7.31. The van der Waals surface area contributed by atoms with Crippen LogP contribution < -0.4 is 15.4 Å². The third-order valence-electron chi connectivity index (χ3n) is 3.38. The van der Waals surface area contributed by atoms with Crippen molar-refractivity contribution >= 4 is 11.8 Å². The fourth-order valence-corrected chi connectivity index (χ4v) is 2.27. The van der Waals surface area contributed by atoms with Crippen molar-refractivity contribution in [3.8, 4) is 5.75 Å². The van der Waals surface area contributed by atoms with Gasteiger partial charge in [-0.15, -0.1) is 0 Å². The van der Waals surface area contributed by atoms with Crippen LogP contribution in [0.1, 0.15) is 26.3 Å². The van der Waals surface area contributed by atoms with Crippen LogP contribution in [0.2, 0.25) is 0 Å². The fraction of sp³-hybridized carbons (Fsp3) is 0.562. The number of amides is 1. The number of anilines is 1. The van der Waals surface area contributed by atoms with E-state index in [0.717, 1.165) is 5.56 Å². The Bertz CT molecular complexity index is 548. The van der Waals surface area contributed by atoms with E-state index in [1.54, 1.807) is 19.2 Å². The second-order valence-electron chi connectivity index (χ2n) is 6.65. The molecule has 6 nitrogen and oxygen atoms in total. The molecule has 0 unspecified atom stereocenters. The van der Waals surface area contributed by atoms with E-state index in [1.165, 1.54) is 0 Å². The summed E-state index contributed by atoms with van der Waals surface area (Å²) in [5, 5.41) is 16.1. The molecule has 2 rings (SSSR count). The summed E-state index contributed by atoms with van der Waals surface area (Å²) < 4.78 is 10.5. The maximum absolute atomic E-state index is 11.9. The normalized spacial score (nSPS) is 16.6. The number of carbonyl (C=O) groups excluding carboxylic acids is 1. The van der Waals surface area contributed by atoms with Gasteiger partial charge >= 0.3 is 6.09 Å². The van der Waals surface area contributed by atoms with Gasteiger partial charge in [0.25, 0.3) is 0 Å². The number of ether oxygens (including phenoxy) is 2. The van der Waals surface area contributed by atoms with Crippen LogP contribution in [-0.2, 0) is 11.2 Å². The molecule has 1 aromatic carbocycles. The number of benzene rings is 1. The van der Waals surface area contributed by atoms with E-state index in [9.17, 15) is 9.90 Å². The molecule has 1 aliphatic rings. The molecule has 0 spiro atoms. The summed E-state index contributed by atoms with van der Waals surface area (Å²) >= 11 is 0. The van der Waals surface area contributed by atoms with E-state index in [-0.39, 0.29) is 0 Å². The molecule has 22 heavy (non-hydrogen) atoms. The summed E-state index contributed by atoms with van der Waals surface area (Å²) in [5.41, 5.74) is 0.0911.